The third kappa shape index (κ3) is 2.49. The third-order valence-electron chi connectivity index (χ3n) is 3.36. The largest absolute Gasteiger partial charge is 0.435 e. The minimum absolute atomic E-state index is 0.195. The Morgan fingerprint density at radius 1 is 1.20 bits per heavy atom. The highest BCUT2D eigenvalue weighted by molar-refractivity contribution is 7.10. The average Bonchev–Trinajstić information content (AvgIpc) is 3.08. The lowest BCUT2D eigenvalue weighted by atomic mass is 10.2. The van der Waals surface area contributed by atoms with Gasteiger partial charge in [0.05, 0.1) is 6.04 Å². The van der Waals surface area contributed by atoms with Crippen molar-refractivity contribution in [2.24, 2.45) is 0 Å². The van der Waals surface area contributed by atoms with Gasteiger partial charge in [-0.25, -0.2) is 0 Å². The van der Waals surface area contributed by atoms with E-state index in [9.17, 15) is 13.2 Å². The van der Waals surface area contributed by atoms with E-state index in [-0.39, 0.29) is 6.04 Å². The number of thiophene rings is 1. The molecule has 0 unspecified atom stereocenters. The Balaban J connectivity index is 1.85. The Hall–Kier alpha value is -1.63. The predicted octanol–water partition coefficient (Wildman–Crippen LogP) is 3.90. The van der Waals surface area contributed by atoms with Crippen LogP contribution in [0.25, 0.3) is 0 Å². The van der Waals surface area contributed by atoms with E-state index < -0.39 is 11.9 Å². The molecular weight excluding hydrogens is 287 g/mol. The fraction of sp³-hybridized carbons (Fsp3) is 0.385. The van der Waals surface area contributed by atoms with E-state index in [0.29, 0.717) is 5.82 Å². The maximum atomic E-state index is 12.5. The predicted molar refractivity (Wildman–Crippen MR) is 70.7 cm³/mol. The summed E-state index contributed by atoms with van der Waals surface area (Å²) in [6.07, 6.45) is -2.45. The number of alkyl halides is 3. The molecule has 3 heterocycles. The Morgan fingerprint density at radius 3 is 2.65 bits per heavy atom. The second-order valence-corrected chi connectivity index (χ2v) is 5.62. The summed E-state index contributed by atoms with van der Waals surface area (Å²) in [6.45, 7) is 0.794. The highest BCUT2D eigenvalue weighted by atomic mass is 32.1. The topological polar surface area (TPSA) is 29.0 Å². The van der Waals surface area contributed by atoms with Gasteiger partial charge in [0.2, 0.25) is 0 Å². The Morgan fingerprint density at radius 2 is 2.05 bits per heavy atom. The minimum Gasteiger partial charge on any atom is -0.347 e. The van der Waals surface area contributed by atoms with Crippen LogP contribution in [0.15, 0.2) is 29.6 Å². The molecule has 0 aromatic carbocycles. The van der Waals surface area contributed by atoms with Crippen molar-refractivity contribution < 1.29 is 13.2 Å². The van der Waals surface area contributed by atoms with E-state index in [4.69, 9.17) is 0 Å². The molecule has 0 N–H and O–H groups in total. The third-order valence-corrected chi connectivity index (χ3v) is 4.33. The SMILES string of the molecule is FC(F)(F)c1ccc(N2CCC[C@@H]2c2cccs2)nn1. The molecule has 1 fully saturated rings. The van der Waals surface area contributed by atoms with E-state index in [1.807, 2.05) is 22.4 Å². The van der Waals surface area contributed by atoms with Crippen LogP contribution >= 0.6 is 11.3 Å². The molecule has 106 valence electrons. The standard InChI is InChI=1S/C13H12F3N3S/c14-13(15,16)11-5-6-12(18-17-11)19-7-1-3-9(19)10-4-2-8-20-10/h2,4-6,8-9H,1,3,7H2/t9-/m1/s1. The smallest absolute Gasteiger partial charge is 0.347 e. The number of rotatable bonds is 2. The van der Waals surface area contributed by atoms with Crippen LogP contribution in [-0.2, 0) is 6.18 Å². The van der Waals surface area contributed by atoms with Crippen LogP contribution in [0.4, 0.5) is 19.0 Å². The first-order chi connectivity index (χ1) is 9.55. The Labute approximate surface area is 118 Å². The van der Waals surface area contributed by atoms with Crippen molar-refractivity contribution in [3.8, 4) is 0 Å². The highest BCUT2D eigenvalue weighted by Crippen LogP contribution is 2.37. The molecule has 1 saturated heterocycles. The molecule has 0 bridgehead atoms. The average molecular weight is 299 g/mol. The summed E-state index contributed by atoms with van der Waals surface area (Å²) in [5, 5.41) is 9.05. The van der Waals surface area contributed by atoms with Crippen molar-refractivity contribution in [2.75, 3.05) is 11.4 Å². The number of anilines is 1. The van der Waals surface area contributed by atoms with Crippen LogP contribution in [0.3, 0.4) is 0 Å². The van der Waals surface area contributed by atoms with Gasteiger partial charge in [-0.05, 0) is 36.4 Å². The highest BCUT2D eigenvalue weighted by Gasteiger charge is 2.34. The molecule has 0 saturated carbocycles. The maximum absolute atomic E-state index is 12.5. The van der Waals surface area contributed by atoms with Crippen LogP contribution in [-0.4, -0.2) is 16.7 Å². The molecule has 0 amide bonds. The zero-order valence-corrected chi connectivity index (χ0v) is 11.3. The normalized spacial score (nSPS) is 19.6. The molecule has 7 heteroatoms. The van der Waals surface area contributed by atoms with Crippen LogP contribution in [0.1, 0.15) is 29.5 Å². The molecule has 1 aliphatic rings. The fourth-order valence-electron chi connectivity index (χ4n) is 2.45. The van der Waals surface area contributed by atoms with E-state index in [0.717, 1.165) is 25.5 Å². The second kappa shape index (κ2) is 5.05. The van der Waals surface area contributed by atoms with E-state index in [1.54, 1.807) is 11.3 Å². The molecule has 1 aliphatic heterocycles. The van der Waals surface area contributed by atoms with E-state index >= 15 is 0 Å². The summed E-state index contributed by atoms with van der Waals surface area (Å²) in [5.74, 6) is 0.508. The molecule has 2 aromatic rings. The van der Waals surface area contributed by atoms with Gasteiger partial charge in [-0.3, -0.25) is 0 Å². The van der Waals surface area contributed by atoms with Crippen molar-refractivity contribution in [3.63, 3.8) is 0 Å². The Kier molecular flexibility index (Phi) is 3.37. The maximum Gasteiger partial charge on any atom is 0.435 e. The van der Waals surface area contributed by atoms with Crippen molar-refractivity contribution in [2.45, 2.75) is 25.1 Å². The number of halogens is 3. The molecule has 0 aliphatic carbocycles. The second-order valence-electron chi connectivity index (χ2n) is 4.64. The van der Waals surface area contributed by atoms with Crippen LogP contribution < -0.4 is 4.90 Å². The number of nitrogens with zero attached hydrogens (tertiary/aromatic N) is 3. The Bertz CT molecular complexity index is 566. The van der Waals surface area contributed by atoms with Crippen LogP contribution in [0, 0.1) is 0 Å². The van der Waals surface area contributed by atoms with Crippen molar-refractivity contribution in [3.05, 3.63) is 40.2 Å². The summed E-state index contributed by atoms with van der Waals surface area (Å²) in [5.41, 5.74) is -0.951. The number of aromatic nitrogens is 2. The van der Waals surface area contributed by atoms with E-state index in [2.05, 4.69) is 10.2 Å². The molecule has 1 atom stereocenters. The molecule has 0 spiro atoms. The first kappa shape index (κ1) is 13.4. The lowest BCUT2D eigenvalue weighted by Gasteiger charge is -2.24. The van der Waals surface area contributed by atoms with Crippen LogP contribution in [0.5, 0.6) is 0 Å². The molecule has 0 radical (unpaired) electrons. The van der Waals surface area contributed by atoms with Gasteiger partial charge in [0, 0.05) is 11.4 Å². The molecule has 20 heavy (non-hydrogen) atoms. The number of hydrogen-bond donors (Lipinski definition) is 0. The molecular formula is C13H12F3N3S. The van der Waals surface area contributed by atoms with Gasteiger partial charge in [0.15, 0.2) is 11.5 Å². The van der Waals surface area contributed by atoms with Crippen LogP contribution in [0.2, 0.25) is 0 Å². The summed E-state index contributed by atoms with van der Waals surface area (Å²) < 4.78 is 37.4. The summed E-state index contributed by atoms with van der Waals surface area (Å²) in [6, 6.07) is 6.62. The van der Waals surface area contributed by atoms with Crippen molar-refractivity contribution >= 4 is 17.2 Å². The fourth-order valence-corrected chi connectivity index (χ4v) is 3.32. The van der Waals surface area contributed by atoms with Gasteiger partial charge in [-0.2, -0.15) is 13.2 Å². The lowest BCUT2D eigenvalue weighted by Crippen LogP contribution is -2.23. The van der Waals surface area contributed by atoms with Gasteiger partial charge in [0.25, 0.3) is 0 Å². The number of hydrogen-bond acceptors (Lipinski definition) is 4. The van der Waals surface area contributed by atoms with Gasteiger partial charge < -0.3 is 4.90 Å². The quantitative estimate of drug-likeness (QED) is 0.842. The summed E-state index contributed by atoms with van der Waals surface area (Å²) in [7, 11) is 0. The van der Waals surface area contributed by atoms with Gasteiger partial charge in [-0.1, -0.05) is 6.07 Å². The molecule has 2 aromatic heterocycles. The van der Waals surface area contributed by atoms with E-state index in [1.165, 1.54) is 10.9 Å². The summed E-state index contributed by atoms with van der Waals surface area (Å²) in [4.78, 5) is 3.24. The van der Waals surface area contributed by atoms with Gasteiger partial charge in [-0.15, -0.1) is 21.5 Å². The van der Waals surface area contributed by atoms with Gasteiger partial charge in [0.1, 0.15) is 0 Å². The minimum atomic E-state index is -4.44. The first-order valence-corrected chi connectivity index (χ1v) is 7.14. The first-order valence-electron chi connectivity index (χ1n) is 6.26. The lowest BCUT2D eigenvalue weighted by molar-refractivity contribution is -0.141. The zero-order valence-electron chi connectivity index (χ0n) is 10.5. The molecule has 3 rings (SSSR count). The monoisotopic (exact) mass is 299 g/mol. The van der Waals surface area contributed by atoms with Crippen molar-refractivity contribution in [1.29, 1.82) is 0 Å². The zero-order chi connectivity index (χ0) is 14.2. The molecule has 3 nitrogen and oxygen atoms in total. The summed E-state index contributed by atoms with van der Waals surface area (Å²) >= 11 is 1.66. The van der Waals surface area contributed by atoms with Gasteiger partial charge >= 0.3 is 6.18 Å². The van der Waals surface area contributed by atoms with Crippen molar-refractivity contribution in [1.82, 2.24) is 10.2 Å².